The Morgan fingerprint density at radius 3 is 2.52 bits per heavy atom. The summed E-state index contributed by atoms with van der Waals surface area (Å²) in [5.74, 6) is -1.69. The first-order valence-electron chi connectivity index (χ1n) is 6.73. The van der Waals surface area contributed by atoms with Gasteiger partial charge in [0, 0.05) is 0 Å². The fraction of sp³-hybridized carbons (Fsp3) is 0.188. The summed E-state index contributed by atoms with van der Waals surface area (Å²) >= 11 is 0. The molecule has 0 saturated carbocycles. The molecule has 0 heterocycles. The Hall–Kier alpha value is -2.41. The normalized spacial score (nSPS) is 11.1. The summed E-state index contributed by atoms with van der Waals surface area (Å²) in [4.78, 5) is 10.9. The highest BCUT2D eigenvalue weighted by Crippen LogP contribution is 2.24. The lowest BCUT2D eigenvalue weighted by Gasteiger charge is -2.13. The van der Waals surface area contributed by atoms with Gasteiger partial charge >= 0.3 is 5.97 Å². The molecule has 0 aliphatic carbocycles. The highest BCUT2D eigenvalue weighted by molar-refractivity contribution is 7.92. The quantitative estimate of drug-likeness (QED) is 0.871. The number of methoxy groups -OCH3 is 1. The number of aryl methyl sites for hydroxylation is 1. The van der Waals surface area contributed by atoms with Crippen LogP contribution in [0.15, 0.2) is 41.3 Å². The maximum absolute atomic E-state index is 13.9. The molecule has 1 N–H and O–H groups in total. The number of carbonyl (C=O) groups is 1. The van der Waals surface area contributed by atoms with Crippen LogP contribution in [-0.4, -0.2) is 21.5 Å². The van der Waals surface area contributed by atoms with Gasteiger partial charge in [0.25, 0.3) is 10.0 Å². The Bertz CT molecular complexity index is 862. The van der Waals surface area contributed by atoms with Gasteiger partial charge in [-0.2, -0.15) is 0 Å². The molecule has 0 aliphatic heterocycles. The molecule has 0 spiro atoms. The highest BCUT2D eigenvalue weighted by atomic mass is 32.2. The van der Waals surface area contributed by atoms with Gasteiger partial charge in [-0.25, -0.2) is 17.6 Å². The molecule has 2 rings (SSSR count). The number of ether oxygens (including phenoxy) is 1. The molecule has 2 aromatic carbocycles. The van der Waals surface area contributed by atoms with Crippen LogP contribution in [0.25, 0.3) is 0 Å². The molecule has 0 saturated heterocycles. The van der Waals surface area contributed by atoms with Crippen molar-refractivity contribution in [1.82, 2.24) is 0 Å². The molecular formula is C16H16FNO4S. The van der Waals surface area contributed by atoms with E-state index in [1.165, 1.54) is 0 Å². The van der Waals surface area contributed by atoms with Crippen molar-refractivity contribution < 1.29 is 22.3 Å². The number of sulfonamides is 1. The third kappa shape index (κ3) is 3.50. The fourth-order valence-corrected chi connectivity index (χ4v) is 3.24. The molecule has 122 valence electrons. The summed E-state index contributed by atoms with van der Waals surface area (Å²) in [5, 5.41) is 0. The Morgan fingerprint density at radius 2 is 1.87 bits per heavy atom. The molecule has 0 amide bonds. The number of hydrogen-bond donors (Lipinski definition) is 1. The van der Waals surface area contributed by atoms with Gasteiger partial charge < -0.3 is 4.74 Å². The smallest absolute Gasteiger partial charge is 0.337 e. The van der Waals surface area contributed by atoms with Gasteiger partial charge in [-0.05, 0) is 49.2 Å². The summed E-state index contributed by atoms with van der Waals surface area (Å²) in [7, 11) is -3.02. The van der Waals surface area contributed by atoms with E-state index in [4.69, 9.17) is 0 Å². The van der Waals surface area contributed by atoms with Gasteiger partial charge in [-0.15, -0.1) is 0 Å². The van der Waals surface area contributed by atoms with E-state index in [-0.39, 0.29) is 5.56 Å². The Morgan fingerprint density at radius 1 is 1.17 bits per heavy atom. The Labute approximate surface area is 134 Å². The summed E-state index contributed by atoms with van der Waals surface area (Å²) in [6.45, 7) is 3.60. The molecule has 0 aliphatic rings. The van der Waals surface area contributed by atoms with Crippen molar-refractivity contribution in [2.75, 3.05) is 11.8 Å². The Kier molecular flexibility index (Phi) is 4.70. The van der Waals surface area contributed by atoms with E-state index >= 15 is 0 Å². The van der Waals surface area contributed by atoms with E-state index in [0.29, 0.717) is 5.69 Å². The summed E-state index contributed by atoms with van der Waals surface area (Å²) in [5.41, 5.74) is 1.94. The van der Waals surface area contributed by atoms with Crippen molar-refractivity contribution in [3.05, 3.63) is 58.9 Å². The minimum absolute atomic E-state index is 0.0461. The minimum atomic E-state index is -4.18. The van der Waals surface area contributed by atoms with E-state index in [9.17, 15) is 17.6 Å². The Balaban J connectivity index is 2.47. The minimum Gasteiger partial charge on any atom is -0.465 e. The van der Waals surface area contributed by atoms with Crippen LogP contribution >= 0.6 is 0 Å². The standard InChI is InChI=1S/C16H16FNO4S/c1-10-5-4-6-14(11(10)2)18-23(20,21)15-9-12(16(19)22-3)7-8-13(15)17/h4-9,18H,1-3H3. The molecule has 23 heavy (non-hydrogen) atoms. The lowest BCUT2D eigenvalue weighted by molar-refractivity contribution is 0.0600. The maximum Gasteiger partial charge on any atom is 0.337 e. The number of carbonyl (C=O) groups excluding carboxylic acids is 1. The topological polar surface area (TPSA) is 72.5 Å². The average molecular weight is 337 g/mol. The zero-order valence-corrected chi connectivity index (χ0v) is 13.7. The second-order valence-electron chi connectivity index (χ2n) is 4.99. The zero-order chi connectivity index (χ0) is 17.2. The predicted octanol–water partition coefficient (Wildman–Crippen LogP) is 3.03. The third-order valence-electron chi connectivity index (χ3n) is 3.49. The van der Waals surface area contributed by atoms with E-state index in [1.54, 1.807) is 19.1 Å². The van der Waals surface area contributed by atoms with E-state index in [2.05, 4.69) is 9.46 Å². The first-order chi connectivity index (χ1) is 10.8. The van der Waals surface area contributed by atoms with Crippen molar-refractivity contribution in [3.63, 3.8) is 0 Å². The molecule has 0 radical (unpaired) electrons. The van der Waals surface area contributed by atoms with Gasteiger partial charge in [0.1, 0.15) is 10.7 Å². The predicted molar refractivity (Wildman–Crippen MR) is 84.5 cm³/mol. The first kappa shape index (κ1) is 17.0. The number of rotatable bonds is 4. The molecule has 2 aromatic rings. The van der Waals surface area contributed by atoms with Crippen LogP contribution in [0.5, 0.6) is 0 Å². The number of benzene rings is 2. The van der Waals surface area contributed by atoms with Crippen molar-refractivity contribution in [1.29, 1.82) is 0 Å². The number of halogens is 1. The largest absolute Gasteiger partial charge is 0.465 e. The fourth-order valence-electron chi connectivity index (χ4n) is 2.02. The molecule has 5 nitrogen and oxygen atoms in total. The monoisotopic (exact) mass is 337 g/mol. The van der Waals surface area contributed by atoms with E-state index in [0.717, 1.165) is 36.4 Å². The van der Waals surface area contributed by atoms with Crippen LogP contribution in [0.4, 0.5) is 10.1 Å². The molecule has 0 bridgehead atoms. The SMILES string of the molecule is COC(=O)c1ccc(F)c(S(=O)(=O)Nc2cccc(C)c2C)c1. The zero-order valence-electron chi connectivity index (χ0n) is 12.9. The molecule has 7 heteroatoms. The molecule has 0 atom stereocenters. The molecule has 0 aromatic heterocycles. The molecule has 0 fully saturated rings. The number of hydrogen-bond acceptors (Lipinski definition) is 4. The number of nitrogens with one attached hydrogen (secondary N) is 1. The van der Waals surface area contributed by atoms with Gasteiger partial charge in [-0.1, -0.05) is 12.1 Å². The average Bonchev–Trinajstić information content (AvgIpc) is 2.51. The van der Waals surface area contributed by atoms with Crippen LogP contribution in [0.3, 0.4) is 0 Å². The van der Waals surface area contributed by atoms with Crippen molar-refractivity contribution in [2.24, 2.45) is 0 Å². The van der Waals surface area contributed by atoms with Crippen LogP contribution in [0, 0.1) is 19.7 Å². The van der Waals surface area contributed by atoms with E-state index in [1.807, 2.05) is 13.0 Å². The van der Waals surface area contributed by atoms with Gasteiger partial charge in [0.15, 0.2) is 0 Å². The van der Waals surface area contributed by atoms with Gasteiger partial charge in [0.2, 0.25) is 0 Å². The maximum atomic E-state index is 13.9. The van der Waals surface area contributed by atoms with Crippen LogP contribution < -0.4 is 4.72 Å². The van der Waals surface area contributed by atoms with Gasteiger partial charge in [0.05, 0.1) is 18.4 Å². The van der Waals surface area contributed by atoms with Crippen LogP contribution in [0.1, 0.15) is 21.5 Å². The summed E-state index contributed by atoms with van der Waals surface area (Å²) in [6, 6.07) is 8.16. The second-order valence-corrected chi connectivity index (χ2v) is 6.64. The van der Waals surface area contributed by atoms with E-state index < -0.39 is 26.7 Å². The highest BCUT2D eigenvalue weighted by Gasteiger charge is 2.22. The van der Waals surface area contributed by atoms with Crippen LogP contribution in [-0.2, 0) is 14.8 Å². The lowest BCUT2D eigenvalue weighted by Crippen LogP contribution is -2.16. The molecular weight excluding hydrogens is 321 g/mol. The summed E-state index contributed by atoms with van der Waals surface area (Å²) in [6.07, 6.45) is 0. The first-order valence-corrected chi connectivity index (χ1v) is 8.21. The van der Waals surface area contributed by atoms with Crippen molar-refractivity contribution in [2.45, 2.75) is 18.7 Å². The third-order valence-corrected chi connectivity index (χ3v) is 4.87. The van der Waals surface area contributed by atoms with Gasteiger partial charge in [-0.3, -0.25) is 4.72 Å². The molecule has 0 unspecified atom stereocenters. The number of anilines is 1. The lowest BCUT2D eigenvalue weighted by atomic mass is 10.1. The number of esters is 1. The van der Waals surface area contributed by atoms with Crippen molar-refractivity contribution >= 4 is 21.7 Å². The van der Waals surface area contributed by atoms with Crippen LogP contribution in [0.2, 0.25) is 0 Å². The van der Waals surface area contributed by atoms with Crippen molar-refractivity contribution in [3.8, 4) is 0 Å². The second kappa shape index (κ2) is 6.37. The summed E-state index contributed by atoms with van der Waals surface area (Å²) < 4.78 is 45.7.